The summed E-state index contributed by atoms with van der Waals surface area (Å²) in [6.07, 6.45) is 4.80. The quantitative estimate of drug-likeness (QED) is 0.570. The molecule has 2 heteroatoms. The maximum absolute atomic E-state index is 4.37. The van der Waals surface area contributed by atoms with Crippen molar-refractivity contribution >= 4 is 21.8 Å². The Labute approximate surface area is 117 Å². The third-order valence-corrected chi connectivity index (χ3v) is 3.73. The average molecular weight is 258 g/mol. The second-order valence-electron chi connectivity index (χ2n) is 5.05. The van der Waals surface area contributed by atoms with Crippen LogP contribution in [0.15, 0.2) is 67.0 Å². The number of fused-ring (bicyclic) bond motifs is 3. The van der Waals surface area contributed by atoms with Crippen LogP contribution in [0.1, 0.15) is 11.1 Å². The number of hydrogen-bond donors (Lipinski definition) is 1. The van der Waals surface area contributed by atoms with E-state index in [9.17, 15) is 0 Å². The van der Waals surface area contributed by atoms with Crippen LogP contribution in [0.2, 0.25) is 0 Å². The third-order valence-electron chi connectivity index (χ3n) is 3.73. The van der Waals surface area contributed by atoms with Crippen LogP contribution in [-0.4, -0.2) is 9.97 Å². The summed E-state index contributed by atoms with van der Waals surface area (Å²) < 4.78 is 0. The Morgan fingerprint density at radius 2 is 1.60 bits per heavy atom. The van der Waals surface area contributed by atoms with E-state index >= 15 is 0 Å². The van der Waals surface area contributed by atoms with Crippen LogP contribution < -0.4 is 0 Å². The lowest BCUT2D eigenvalue weighted by Gasteiger charge is -2.03. The van der Waals surface area contributed by atoms with E-state index in [0.29, 0.717) is 0 Å². The van der Waals surface area contributed by atoms with Gasteiger partial charge in [-0.3, -0.25) is 4.98 Å². The number of rotatable bonds is 2. The van der Waals surface area contributed by atoms with Gasteiger partial charge in [-0.2, -0.15) is 0 Å². The second kappa shape index (κ2) is 4.49. The fourth-order valence-corrected chi connectivity index (χ4v) is 2.82. The van der Waals surface area contributed by atoms with Gasteiger partial charge in [0.25, 0.3) is 0 Å². The predicted octanol–water partition coefficient (Wildman–Crippen LogP) is 4.31. The first-order valence-corrected chi connectivity index (χ1v) is 6.79. The van der Waals surface area contributed by atoms with Crippen LogP contribution >= 0.6 is 0 Å². The summed E-state index contributed by atoms with van der Waals surface area (Å²) in [5, 5.41) is 2.57. The first kappa shape index (κ1) is 11.2. The first-order chi connectivity index (χ1) is 9.92. The molecule has 4 aromatic rings. The number of nitrogens with one attached hydrogen (secondary N) is 1. The normalized spacial score (nSPS) is 11.2. The number of pyridine rings is 1. The van der Waals surface area contributed by atoms with Crippen molar-refractivity contribution in [2.45, 2.75) is 6.42 Å². The largest absolute Gasteiger partial charge is 0.353 e. The summed E-state index contributed by atoms with van der Waals surface area (Å²) in [5.41, 5.74) is 4.86. The Morgan fingerprint density at radius 3 is 2.50 bits per heavy atom. The van der Waals surface area contributed by atoms with Crippen LogP contribution in [0.5, 0.6) is 0 Å². The van der Waals surface area contributed by atoms with Gasteiger partial charge in [-0.05, 0) is 23.6 Å². The van der Waals surface area contributed by atoms with Gasteiger partial charge < -0.3 is 4.98 Å². The van der Waals surface area contributed by atoms with Gasteiger partial charge in [0.1, 0.15) is 0 Å². The minimum absolute atomic E-state index is 0.910. The van der Waals surface area contributed by atoms with E-state index in [0.717, 1.165) is 11.9 Å². The van der Waals surface area contributed by atoms with Crippen molar-refractivity contribution in [3.8, 4) is 0 Å². The topological polar surface area (TPSA) is 28.7 Å². The molecule has 0 aliphatic carbocycles. The zero-order valence-corrected chi connectivity index (χ0v) is 11.0. The van der Waals surface area contributed by atoms with Crippen molar-refractivity contribution in [1.29, 1.82) is 0 Å². The molecule has 1 N–H and O–H groups in total. The molecule has 0 radical (unpaired) electrons. The van der Waals surface area contributed by atoms with Crippen molar-refractivity contribution in [2.24, 2.45) is 0 Å². The fourth-order valence-electron chi connectivity index (χ4n) is 2.82. The molecule has 2 aromatic heterocycles. The van der Waals surface area contributed by atoms with Crippen molar-refractivity contribution in [3.63, 3.8) is 0 Å². The molecule has 2 aromatic carbocycles. The number of nitrogens with zero attached hydrogens (tertiary/aromatic N) is 1. The van der Waals surface area contributed by atoms with Gasteiger partial charge in [-0.15, -0.1) is 0 Å². The lowest BCUT2D eigenvalue weighted by Crippen LogP contribution is -1.90. The molecular weight excluding hydrogens is 244 g/mol. The summed E-state index contributed by atoms with van der Waals surface area (Å²) >= 11 is 0. The van der Waals surface area contributed by atoms with Gasteiger partial charge in [0, 0.05) is 22.5 Å². The molecule has 2 heterocycles. The van der Waals surface area contributed by atoms with Crippen LogP contribution in [0, 0.1) is 0 Å². The molecule has 0 aliphatic heterocycles. The van der Waals surface area contributed by atoms with Gasteiger partial charge in [-0.1, -0.05) is 48.5 Å². The van der Waals surface area contributed by atoms with Gasteiger partial charge in [0.05, 0.1) is 11.7 Å². The minimum atomic E-state index is 0.910. The Morgan fingerprint density at radius 1 is 0.800 bits per heavy atom. The number of benzene rings is 2. The monoisotopic (exact) mass is 258 g/mol. The summed E-state index contributed by atoms with van der Waals surface area (Å²) in [6.45, 7) is 0. The van der Waals surface area contributed by atoms with E-state index in [-0.39, 0.29) is 0 Å². The third kappa shape index (κ3) is 1.77. The molecule has 0 spiro atoms. The summed E-state index contributed by atoms with van der Waals surface area (Å²) in [4.78, 5) is 7.81. The Hall–Kier alpha value is -2.61. The minimum Gasteiger partial charge on any atom is -0.353 e. The number of para-hydroxylation sites is 1. The number of hydrogen-bond acceptors (Lipinski definition) is 1. The molecule has 0 amide bonds. The predicted molar refractivity (Wildman–Crippen MR) is 82.8 cm³/mol. The van der Waals surface area contributed by atoms with Crippen LogP contribution in [0.3, 0.4) is 0 Å². The first-order valence-electron chi connectivity index (χ1n) is 6.79. The van der Waals surface area contributed by atoms with E-state index in [1.54, 1.807) is 0 Å². The number of H-pyrrole nitrogens is 1. The van der Waals surface area contributed by atoms with Gasteiger partial charge >= 0.3 is 0 Å². The molecule has 0 aliphatic rings. The van der Waals surface area contributed by atoms with E-state index in [1.165, 1.54) is 27.4 Å². The highest BCUT2D eigenvalue weighted by Crippen LogP contribution is 2.28. The maximum Gasteiger partial charge on any atom is 0.0654 e. The van der Waals surface area contributed by atoms with Crippen molar-refractivity contribution in [3.05, 3.63) is 78.1 Å². The second-order valence-corrected chi connectivity index (χ2v) is 5.05. The molecule has 0 saturated heterocycles. The van der Waals surface area contributed by atoms with Gasteiger partial charge in [0.15, 0.2) is 0 Å². The fraction of sp³-hybridized carbons (Fsp3) is 0.0556. The molecule has 0 fully saturated rings. The smallest absolute Gasteiger partial charge is 0.0654 e. The molecule has 4 rings (SSSR count). The average Bonchev–Trinajstić information content (AvgIpc) is 2.88. The summed E-state index contributed by atoms with van der Waals surface area (Å²) in [5.74, 6) is 0. The van der Waals surface area contributed by atoms with Crippen molar-refractivity contribution in [2.75, 3.05) is 0 Å². The summed E-state index contributed by atoms with van der Waals surface area (Å²) in [6, 6.07) is 19.0. The number of aromatic nitrogens is 2. The molecule has 0 saturated carbocycles. The highest BCUT2D eigenvalue weighted by molar-refractivity contribution is 6.08. The molecule has 96 valence electrons. The highest BCUT2D eigenvalue weighted by Gasteiger charge is 2.09. The van der Waals surface area contributed by atoms with Crippen molar-refractivity contribution in [1.82, 2.24) is 9.97 Å². The number of aromatic amines is 1. The zero-order valence-electron chi connectivity index (χ0n) is 11.0. The van der Waals surface area contributed by atoms with E-state index in [4.69, 9.17) is 0 Å². The summed E-state index contributed by atoms with van der Waals surface area (Å²) in [7, 11) is 0. The Bertz CT molecular complexity index is 876. The zero-order chi connectivity index (χ0) is 13.4. The molecule has 0 bridgehead atoms. The molecule has 2 nitrogen and oxygen atoms in total. The van der Waals surface area contributed by atoms with E-state index in [1.807, 2.05) is 18.5 Å². The maximum atomic E-state index is 4.37. The standard InChI is InChI=1S/C18H14N2/c1-2-6-13(7-3-1)10-14-11-19-12-17-18(14)15-8-4-5-9-16(15)20-17/h1-9,11-12,20H,10H2. The van der Waals surface area contributed by atoms with Gasteiger partial charge in [0.2, 0.25) is 0 Å². The van der Waals surface area contributed by atoms with E-state index < -0.39 is 0 Å². The van der Waals surface area contributed by atoms with Crippen LogP contribution in [0.25, 0.3) is 21.8 Å². The molecular formula is C18H14N2. The molecule has 0 unspecified atom stereocenters. The highest BCUT2D eigenvalue weighted by atomic mass is 14.7. The van der Waals surface area contributed by atoms with Crippen LogP contribution in [0.4, 0.5) is 0 Å². The Kier molecular flexibility index (Phi) is 2.52. The van der Waals surface area contributed by atoms with Gasteiger partial charge in [-0.25, -0.2) is 0 Å². The Balaban J connectivity index is 1.95. The van der Waals surface area contributed by atoms with Crippen molar-refractivity contribution < 1.29 is 0 Å². The molecule has 0 atom stereocenters. The van der Waals surface area contributed by atoms with Crippen LogP contribution in [-0.2, 0) is 6.42 Å². The molecule has 20 heavy (non-hydrogen) atoms. The lowest BCUT2D eigenvalue weighted by atomic mass is 10.0. The van der Waals surface area contributed by atoms with E-state index in [2.05, 4.69) is 58.5 Å². The SMILES string of the molecule is c1ccc(Cc2cncc3[nH]c4ccccc4c23)cc1. The lowest BCUT2D eigenvalue weighted by molar-refractivity contribution is 1.17.